The van der Waals surface area contributed by atoms with Crippen molar-refractivity contribution in [2.24, 2.45) is 5.92 Å². The van der Waals surface area contributed by atoms with Crippen LogP contribution in [0, 0.1) is 5.92 Å². The number of hydrogen-bond acceptors (Lipinski definition) is 8. The van der Waals surface area contributed by atoms with Gasteiger partial charge in [-0.25, -0.2) is 4.79 Å². The number of carbonyl (C=O) groups excluding carboxylic acids is 2. The molecule has 40 heavy (non-hydrogen) atoms. The van der Waals surface area contributed by atoms with E-state index in [-0.39, 0.29) is 31.1 Å². The topological polar surface area (TPSA) is 112 Å². The maximum atomic E-state index is 13.0. The van der Waals surface area contributed by atoms with Crippen LogP contribution in [0.1, 0.15) is 58.6 Å². The fourth-order valence-electron chi connectivity index (χ4n) is 4.84. The molecule has 0 radical (unpaired) electrons. The maximum absolute atomic E-state index is 13.0. The summed E-state index contributed by atoms with van der Waals surface area (Å²) in [4.78, 5) is 33.9. The van der Waals surface area contributed by atoms with E-state index in [1.807, 2.05) is 63.4 Å². The van der Waals surface area contributed by atoms with E-state index in [1.54, 1.807) is 24.1 Å². The van der Waals surface area contributed by atoms with E-state index in [9.17, 15) is 19.8 Å². The Kier molecular flexibility index (Phi) is 11.5. The summed E-state index contributed by atoms with van der Waals surface area (Å²) in [5, 5.41) is 21.8. The quantitative estimate of drug-likeness (QED) is 0.320. The smallest absolute Gasteiger partial charge is 0.410 e. The van der Waals surface area contributed by atoms with Crippen molar-refractivity contribution in [1.82, 2.24) is 14.8 Å². The van der Waals surface area contributed by atoms with Gasteiger partial charge in [0.2, 0.25) is 0 Å². The molecule has 0 spiro atoms. The lowest BCUT2D eigenvalue weighted by atomic mass is 9.88. The highest BCUT2D eigenvalue weighted by Gasteiger charge is 2.36. The summed E-state index contributed by atoms with van der Waals surface area (Å²) in [6.45, 7) is 10.1. The van der Waals surface area contributed by atoms with Gasteiger partial charge in [-0.2, -0.15) is 0 Å². The van der Waals surface area contributed by atoms with Crippen LogP contribution in [0.25, 0.3) is 0 Å². The molecule has 1 amide bonds. The molecule has 2 N–H and O–H groups in total. The van der Waals surface area contributed by atoms with Gasteiger partial charge >= 0.3 is 12.1 Å². The van der Waals surface area contributed by atoms with Gasteiger partial charge in [-0.1, -0.05) is 44.2 Å². The van der Waals surface area contributed by atoms with Gasteiger partial charge in [0.05, 0.1) is 12.5 Å². The number of ether oxygens (including phenoxy) is 2. The second-order valence-electron chi connectivity index (χ2n) is 11.3. The molecule has 3 rings (SSSR count). The van der Waals surface area contributed by atoms with Crippen molar-refractivity contribution in [3.63, 3.8) is 0 Å². The lowest BCUT2D eigenvalue weighted by Gasteiger charge is -2.36. The molecule has 0 saturated carbocycles. The van der Waals surface area contributed by atoms with Gasteiger partial charge in [-0.3, -0.25) is 9.78 Å². The Hall–Kier alpha value is -3.01. The van der Waals surface area contributed by atoms with Crippen molar-refractivity contribution in [1.29, 1.82) is 0 Å². The summed E-state index contributed by atoms with van der Waals surface area (Å²) in [6, 6.07) is 5.80. The molecule has 3 heterocycles. The predicted octanol–water partition coefficient (Wildman–Crippen LogP) is 3.84. The number of pyridine rings is 1. The van der Waals surface area contributed by atoms with Crippen LogP contribution >= 0.6 is 0 Å². The normalized spacial score (nSPS) is 31.1. The van der Waals surface area contributed by atoms with Gasteiger partial charge in [0, 0.05) is 49.9 Å². The molecule has 0 unspecified atom stereocenters. The Balaban J connectivity index is 1.81. The number of aliphatic hydroxyl groups is 2. The number of likely N-dealkylation sites (N-methyl/N-ethyl adjacent to an activating group) is 1. The fourth-order valence-corrected chi connectivity index (χ4v) is 4.84. The summed E-state index contributed by atoms with van der Waals surface area (Å²) in [6.07, 6.45) is 8.23. The molecule has 1 fully saturated rings. The largest absolute Gasteiger partial charge is 0.457 e. The van der Waals surface area contributed by atoms with Crippen LogP contribution in [0.2, 0.25) is 0 Å². The summed E-state index contributed by atoms with van der Waals surface area (Å²) < 4.78 is 11.7. The molecule has 0 aromatic carbocycles. The molecule has 220 valence electrons. The standard InChI is InChI=1S/C31H45N3O6/c1-22(26-11-6-7-16-32-26)9-8-10-23(2)29-24(3)12-13-27(39-30(37)34-19-17-33(5)18-20-34)31(4,38)15-14-25(35)21-28(36)40-29/h6-13,16,22,24-25,27,29,35,38H,14-15,17-21H2,1-5H3/b9-8+,13-12+,23-10+/t22-,24-,25-,27+,29+,31-/m0/s1. The minimum absolute atomic E-state index is 0.106. The number of amides is 1. The van der Waals surface area contributed by atoms with Crippen LogP contribution in [0.3, 0.4) is 0 Å². The number of aliphatic hydroxyl groups excluding tert-OH is 1. The molecule has 1 aromatic heterocycles. The summed E-state index contributed by atoms with van der Waals surface area (Å²) in [5.74, 6) is -0.692. The highest BCUT2D eigenvalue weighted by atomic mass is 16.6. The number of nitrogens with zero attached hydrogens (tertiary/aromatic N) is 3. The molecule has 1 aromatic rings. The molecule has 2 aliphatic heterocycles. The molecule has 1 saturated heterocycles. The Bertz CT molecular complexity index is 1060. The monoisotopic (exact) mass is 555 g/mol. The van der Waals surface area contributed by atoms with E-state index in [1.165, 1.54) is 0 Å². The number of allylic oxidation sites excluding steroid dienone is 3. The van der Waals surface area contributed by atoms with Crippen molar-refractivity contribution < 1.29 is 29.3 Å². The third-order valence-electron chi connectivity index (χ3n) is 7.68. The summed E-state index contributed by atoms with van der Waals surface area (Å²) >= 11 is 0. The van der Waals surface area contributed by atoms with E-state index in [0.717, 1.165) is 24.4 Å². The van der Waals surface area contributed by atoms with Gasteiger partial charge in [0.15, 0.2) is 6.10 Å². The molecular formula is C31H45N3O6. The van der Waals surface area contributed by atoms with E-state index >= 15 is 0 Å². The fraction of sp³-hybridized carbons (Fsp3) is 0.581. The van der Waals surface area contributed by atoms with Crippen LogP contribution in [0.15, 0.2) is 60.3 Å². The Labute approximate surface area is 238 Å². The highest BCUT2D eigenvalue weighted by molar-refractivity contribution is 5.70. The van der Waals surface area contributed by atoms with Gasteiger partial charge in [0.1, 0.15) is 11.7 Å². The predicted molar refractivity (Wildman–Crippen MR) is 154 cm³/mol. The molecule has 0 aliphatic carbocycles. The Morgan fingerprint density at radius 1 is 1.25 bits per heavy atom. The third-order valence-corrected chi connectivity index (χ3v) is 7.68. The Morgan fingerprint density at radius 2 is 1.98 bits per heavy atom. The molecule has 0 bridgehead atoms. The van der Waals surface area contributed by atoms with Gasteiger partial charge < -0.3 is 29.5 Å². The van der Waals surface area contributed by atoms with Crippen molar-refractivity contribution in [2.75, 3.05) is 33.2 Å². The number of esters is 1. The summed E-state index contributed by atoms with van der Waals surface area (Å²) in [5.41, 5.74) is 0.337. The first-order chi connectivity index (χ1) is 19.0. The Morgan fingerprint density at radius 3 is 2.65 bits per heavy atom. The van der Waals surface area contributed by atoms with Gasteiger partial charge in [0.25, 0.3) is 0 Å². The number of cyclic esters (lactones) is 1. The molecule has 6 atom stereocenters. The average molecular weight is 556 g/mol. The summed E-state index contributed by atoms with van der Waals surface area (Å²) in [7, 11) is 2.01. The third kappa shape index (κ3) is 9.28. The van der Waals surface area contributed by atoms with E-state index in [0.29, 0.717) is 13.1 Å². The van der Waals surface area contributed by atoms with Gasteiger partial charge in [-0.15, -0.1) is 0 Å². The van der Waals surface area contributed by atoms with Crippen molar-refractivity contribution in [2.45, 2.75) is 76.8 Å². The second-order valence-corrected chi connectivity index (χ2v) is 11.3. The average Bonchev–Trinajstić information content (AvgIpc) is 2.92. The highest BCUT2D eigenvalue weighted by Crippen LogP contribution is 2.27. The van der Waals surface area contributed by atoms with Gasteiger partial charge in [-0.05, 0) is 57.5 Å². The van der Waals surface area contributed by atoms with Crippen LogP contribution in [-0.4, -0.2) is 94.2 Å². The van der Waals surface area contributed by atoms with Crippen LogP contribution < -0.4 is 0 Å². The van der Waals surface area contributed by atoms with Crippen LogP contribution in [-0.2, 0) is 14.3 Å². The first kappa shape index (κ1) is 31.5. The second kappa shape index (κ2) is 14.6. The first-order valence-corrected chi connectivity index (χ1v) is 14.1. The zero-order chi connectivity index (χ0) is 29.3. The lowest BCUT2D eigenvalue weighted by molar-refractivity contribution is -0.151. The first-order valence-electron chi connectivity index (χ1n) is 14.1. The van der Waals surface area contributed by atoms with Crippen molar-refractivity contribution >= 4 is 12.1 Å². The SMILES string of the molecule is C/C(=C\C=C\[C@H](C)c1ccccn1)[C@H]1OC(=O)C[C@@H](O)CC[C@](C)(O)[C@H](OC(=O)N2CCN(C)CC2)/C=C/[C@@H]1C. The van der Waals surface area contributed by atoms with E-state index in [2.05, 4.69) is 16.8 Å². The minimum Gasteiger partial charge on any atom is -0.457 e. The van der Waals surface area contributed by atoms with Crippen LogP contribution in [0.4, 0.5) is 4.79 Å². The zero-order valence-electron chi connectivity index (χ0n) is 24.4. The van der Waals surface area contributed by atoms with E-state index < -0.39 is 36.0 Å². The number of aromatic nitrogens is 1. The number of carbonyl (C=O) groups is 2. The number of hydrogen-bond donors (Lipinski definition) is 2. The minimum atomic E-state index is -1.44. The van der Waals surface area contributed by atoms with Crippen molar-refractivity contribution in [3.8, 4) is 0 Å². The molecule has 9 nitrogen and oxygen atoms in total. The van der Waals surface area contributed by atoms with Crippen molar-refractivity contribution in [3.05, 3.63) is 66.0 Å². The number of piperazine rings is 1. The molecular weight excluding hydrogens is 510 g/mol. The zero-order valence-corrected chi connectivity index (χ0v) is 24.4. The number of rotatable bonds is 5. The molecule has 2 aliphatic rings. The maximum Gasteiger partial charge on any atom is 0.410 e. The van der Waals surface area contributed by atoms with Crippen LogP contribution in [0.5, 0.6) is 0 Å². The lowest BCUT2D eigenvalue weighted by Crippen LogP contribution is -2.50. The van der Waals surface area contributed by atoms with E-state index in [4.69, 9.17) is 9.47 Å². The molecule has 9 heteroatoms.